The number of amides is 2. The van der Waals surface area contributed by atoms with Gasteiger partial charge < -0.3 is 10.1 Å². The van der Waals surface area contributed by atoms with E-state index >= 15 is 0 Å². The number of nitrogens with two attached hydrogens (primary N) is 1. The van der Waals surface area contributed by atoms with E-state index in [0.717, 1.165) is 57.1 Å². The second-order valence-corrected chi connectivity index (χ2v) is 10.5. The first-order valence-corrected chi connectivity index (χ1v) is 12.7. The smallest absolute Gasteiger partial charge is 0.354 e. The van der Waals surface area contributed by atoms with Crippen LogP contribution in [0.2, 0.25) is 0 Å². The van der Waals surface area contributed by atoms with Gasteiger partial charge >= 0.3 is 6.03 Å². The number of rotatable bonds is 4. The molecule has 3 aliphatic rings. The maximum Gasteiger partial charge on any atom is 0.354 e. The van der Waals surface area contributed by atoms with Crippen molar-refractivity contribution in [1.82, 2.24) is 9.78 Å². The van der Waals surface area contributed by atoms with Crippen LogP contribution in [0.5, 0.6) is 5.88 Å². The number of urea groups is 1. The molecule has 0 saturated carbocycles. The van der Waals surface area contributed by atoms with Gasteiger partial charge in [0, 0.05) is 11.6 Å². The second kappa shape index (κ2) is 7.94. The minimum Gasteiger partial charge on any atom is -0.477 e. The molecule has 2 aliphatic carbocycles. The van der Waals surface area contributed by atoms with Gasteiger partial charge in [-0.2, -0.15) is 5.10 Å². The minimum absolute atomic E-state index is 0.182. The third-order valence-electron chi connectivity index (χ3n) is 6.58. The largest absolute Gasteiger partial charge is 0.477 e. The highest BCUT2D eigenvalue weighted by Gasteiger charge is 2.29. The second-order valence-electron chi connectivity index (χ2n) is 8.79. The van der Waals surface area contributed by atoms with Crippen LogP contribution in [0.15, 0.2) is 21.5 Å². The molecule has 0 saturated heterocycles. The van der Waals surface area contributed by atoms with Gasteiger partial charge in [0.15, 0.2) is 9.92 Å². The molecule has 1 aromatic heterocycles. The zero-order valence-corrected chi connectivity index (χ0v) is 18.7. The lowest BCUT2D eigenvalue weighted by Crippen LogP contribution is -2.27. The predicted octanol–water partition coefficient (Wildman–Crippen LogP) is 3.60. The van der Waals surface area contributed by atoms with E-state index in [-0.39, 0.29) is 4.90 Å². The molecule has 0 radical (unpaired) electrons. The lowest BCUT2D eigenvalue weighted by atomic mass is 9.99. The van der Waals surface area contributed by atoms with Crippen LogP contribution in [0.3, 0.4) is 0 Å². The maximum atomic E-state index is 13.2. The van der Waals surface area contributed by atoms with Crippen molar-refractivity contribution >= 4 is 21.6 Å². The zero-order valence-electron chi connectivity index (χ0n) is 17.9. The Balaban J connectivity index is 1.42. The molecule has 9 heteroatoms. The lowest BCUT2D eigenvalue weighted by Gasteiger charge is -2.24. The SMILES string of the molecule is CCC[C@H]1COc2c(S(N)(=O)=NC(=O)Nc3c4c(cc5c3CCC5)CCC4)cnn2C1. The Hall–Kier alpha value is -2.39. The summed E-state index contributed by atoms with van der Waals surface area (Å²) in [5.74, 6) is 0.722. The average Bonchev–Trinajstić information content (AvgIpc) is 3.46. The predicted molar refractivity (Wildman–Crippen MR) is 119 cm³/mol. The van der Waals surface area contributed by atoms with E-state index in [4.69, 9.17) is 9.88 Å². The number of ether oxygens (including phenoxy) is 1. The molecule has 2 atom stereocenters. The van der Waals surface area contributed by atoms with Crippen LogP contribution in [-0.2, 0) is 42.1 Å². The Morgan fingerprint density at radius 3 is 2.68 bits per heavy atom. The topological polar surface area (TPSA) is 112 Å². The summed E-state index contributed by atoms with van der Waals surface area (Å²) in [6.07, 6.45) is 9.65. The normalized spacial score (nSPS) is 20.9. The van der Waals surface area contributed by atoms with Gasteiger partial charge in [0.25, 0.3) is 0 Å². The van der Waals surface area contributed by atoms with Crippen LogP contribution in [0.25, 0.3) is 0 Å². The molecule has 166 valence electrons. The summed E-state index contributed by atoms with van der Waals surface area (Å²) in [7, 11) is -3.48. The number of hydrogen-bond acceptors (Lipinski definition) is 4. The van der Waals surface area contributed by atoms with Gasteiger partial charge in [-0.15, -0.1) is 4.36 Å². The van der Waals surface area contributed by atoms with Crippen molar-refractivity contribution in [2.24, 2.45) is 15.4 Å². The Labute approximate surface area is 182 Å². The Kier molecular flexibility index (Phi) is 5.26. The Morgan fingerprint density at radius 1 is 1.29 bits per heavy atom. The summed E-state index contributed by atoms with van der Waals surface area (Å²) >= 11 is 0. The Bertz CT molecular complexity index is 1130. The Morgan fingerprint density at radius 2 is 2.00 bits per heavy atom. The first-order chi connectivity index (χ1) is 15.0. The summed E-state index contributed by atoms with van der Waals surface area (Å²) in [6.45, 7) is 3.34. The minimum atomic E-state index is -3.48. The van der Waals surface area contributed by atoms with Crippen molar-refractivity contribution in [3.8, 4) is 5.88 Å². The number of carbonyl (C=O) groups is 1. The molecule has 0 fully saturated rings. The third kappa shape index (κ3) is 3.74. The number of aryl methyl sites for hydroxylation is 2. The molecule has 0 spiro atoms. The summed E-state index contributed by atoms with van der Waals surface area (Å²) in [5.41, 5.74) is 5.87. The van der Waals surface area contributed by atoms with Gasteiger partial charge in [-0.3, -0.25) is 0 Å². The lowest BCUT2D eigenvalue weighted by molar-refractivity contribution is 0.153. The number of fused-ring (bicyclic) bond motifs is 3. The van der Waals surface area contributed by atoms with Gasteiger partial charge in [-0.05, 0) is 67.2 Å². The molecular formula is C22H29N5O3S. The number of anilines is 1. The van der Waals surface area contributed by atoms with Crippen molar-refractivity contribution in [2.75, 3.05) is 11.9 Å². The monoisotopic (exact) mass is 443 g/mol. The van der Waals surface area contributed by atoms with E-state index in [1.165, 1.54) is 28.5 Å². The third-order valence-corrected chi connectivity index (χ3v) is 7.93. The van der Waals surface area contributed by atoms with Crippen molar-refractivity contribution in [1.29, 1.82) is 0 Å². The fraction of sp³-hybridized carbons (Fsp3) is 0.545. The van der Waals surface area contributed by atoms with Crippen LogP contribution in [0.4, 0.5) is 10.5 Å². The van der Waals surface area contributed by atoms with Gasteiger partial charge in [0.1, 0.15) is 4.90 Å². The van der Waals surface area contributed by atoms with Crippen molar-refractivity contribution in [3.05, 3.63) is 34.5 Å². The van der Waals surface area contributed by atoms with Crippen LogP contribution >= 0.6 is 0 Å². The molecule has 2 heterocycles. The van der Waals surface area contributed by atoms with Crippen LogP contribution < -0.4 is 15.2 Å². The number of nitrogens with one attached hydrogen (secondary N) is 1. The molecule has 31 heavy (non-hydrogen) atoms. The number of carbonyl (C=O) groups excluding carboxylic acids is 1. The van der Waals surface area contributed by atoms with Gasteiger partial charge in [0.05, 0.1) is 19.3 Å². The van der Waals surface area contributed by atoms with E-state index in [9.17, 15) is 9.00 Å². The van der Waals surface area contributed by atoms with Crippen LogP contribution in [-0.4, -0.2) is 26.6 Å². The molecule has 8 nitrogen and oxygen atoms in total. The molecule has 2 aromatic rings. The highest BCUT2D eigenvalue weighted by Crippen LogP contribution is 2.39. The number of aromatic nitrogens is 2. The fourth-order valence-electron chi connectivity index (χ4n) is 5.18. The molecule has 5 rings (SSSR count). The summed E-state index contributed by atoms with van der Waals surface area (Å²) in [4.78, 5) is 13.0. The maximum absolute atomic E-state index is 13.2. The molecular weight excluding hydrogens is 414 g/mol. The first kappa shape index (κ1) is 20.5. The van der Waals surface area contributed by atoms with Gasteiger partial charge in [0.2, 0.25) is 5.88 Å². The average molecular weight is 444 g/mol. The molecule has 2 amide bonds. The van der Waals surface area contributed by atoms with Gasteiger partial charge in [-0.25, -0.2) is 18.8 Å². The van der Waals surface area contributed by atoms with Gasteiger partial charge in [-0.1, -0.05) is 19.4 Å². The number of hydrogen-bond donors (Lipinski definition) is 2. The number of benzene rings is 1. The van der Waals surface area contributed by atoms with E-state index in [1.54, 1.807) is 4.68 Å². The summed E-state index contributed by atoms with van der Waals surface area (Å²) < 4.78 is 24.6. The summed E-state index contributed by atoms with van der Waals surface area (Å²) in [6, 6.07) is 1.62. The van der Waals surface area contributed by atoms with Crippen molar-refractivity contribution < 1.29 is 13.7 Å². The van der Waals surface area contributed by atoms with E-state index in [1.807, 2.05) is 0 Å². The van der Waals surface area contributed by atoms with E-state index in [2.05, 4.69) is 27.8 Å². The van der Waals surface area contributed by atoms with Crippen molar-refractivity contribution in [3.63, 3.8) is 0 Å². The molecule has 1 aliphatic heterocycles. The van der Waals surface area contributed by atoms with E-state index < -0.39 is 15.9 Å². The molecule has 3 N–H and O–H groups in total. The first-order valence-electron chi connectivity index (χ1n) is 11.2. The van der Waals surface area contributed by atoms with Crippen LogP contribution in [0.1, 0.15) is 54.9 Å². The standard InChI is InChI=1S/C22H29N5O3S/c1-2-5-14-12-27-21(30-13-14)19(11-24-27)31(23,29)26-22(28)25-20-17-8-3-6-15(17)10-16-7-4-9-18(16)20/h10-11,14H,2-9,12-13H2,1H3,(H3,23,25,26,28,29)/t14-,31?/m1/s1. The fourth-order valence-corrected chi connectivity index (χ4v) is 6.18. The van der Waals surface area contributed by atoms with E-state index in [0.29, 0.717) is 24.9 Å². The molecule has 1 unspecified atom stereocenters. The highest BCUT2D eigenvalue weighted by molar-refractivity contribution is 7.91. The van der Waals surface area contributed by atoms with Crippen LogP contribution in [0, 0.1) is 5.92 Å². The molecule has 1 aromatic carbocycles. The highest BCUT2D eigenvalue weighted by atomic mass is 32.2. The zero-order chi connectivity index (χ0) is 21.6. The molecule has 0 bridgehead atoms. The quantitative estimate of drug-likeness (QED) is 0.752. The van der Waals surface area contributed by atoms with Crippen molar-refractivity contribution in [2.45, 2.75) is 69.7 Å². The summed E-state index contributed by atoms with van der Waals surface area (Å²) in [5, 5.41) is 13.3. The number of nitrogens with zero attached hydrogens (tertiary/aromatic N) is 3.